The van der Waals surface area contributed by atoms with E-state index in [4.69, 9.17) is 11.6 Å². The number of aryl methyl sites for hydroxylation is 1. The van der Waals surface area contributed by atoms with Crippen molar-refractivity contribution < 1.29 is 0 Å². The van der Waals surface area contributed by atoms with Gasteiger partial charge in [-0.05, 0) is 36.8 Å². The smallest absolute Gasteiger partial charge is 0.304 e. The van der Waals surface area contributed by atoms with Crippen molar-refractivity contribution in [1.82, 2.24) is 9.55 Å². The molecule has 1 heterocycles. The molecule has 0 aliphatic rings. The van der Waals surface area contributed by atoms with Crippen LogP contribution in [0.15, 0.2) is 47.3 Å². The summed E-state index contributed by atoms with van der Waals surface area (Å²) in [5, 5.41) is 0.552. The number of nitrogens with zero attached hydrogens (tertiary/aromatic N) is 1. The van der Waals surface area contributed by atoms with E-state index in [0.29, 0.717) is 10.5 Å². The van der Waals surface area contributed by atoms with Crippen LogP contribution in [0.1, 0.15) is 5.56 Å². The molecule has 3 aromatic rings. The summed E-state index contributed by atoms with van der Waals surface area (Å²) in [5.74, 6) is 0. The SMILES string of the molecule is Cc1cccc(-n2c(=O)[nH]c3c(Cl)cccc32)c1. The Morgan fingerprint density at radius 3 is 2.72 bits per heavy atom. The van der Waals surface area contributed by atoms with Crippen LogP contribution in [-0.2, 0) is 0 Å². The largest absolute Gasteiger partial charge is 0.331 e. The zero-order valence-corrected chi connectivity index (χ0v) is 10.5. The quantitative estimate of drug-likeness (QED) is 0.715. The molecule has 0 saturated carbocycles. The summed E-state index contributed by atoms with van der Waals surface area (Å²) in [6.07, 6.45) is 0. The van der Waals surface area contributed by atoms with Gasteiger partial charge >= 0.3 is 5.69 Å². The van der Waals surface area contributed by atoms with Crippen molar-refractivity contribution in [2.24, 2.45) is 0 Å². The first-order valence-electron chi connectivity index (χ1n) is 5.63. The summed E-state index contributed by atoms with van der Waals surface area (Å²) < 4.78 is 1.63. The average molecular weight is 259 g/mol. The topological polar surface area (TPSA) is 37.8 Å². The van der Waals surface area contributed by atoms with Gasteiger partial charge in [0.15, 0.2) is 0 Å². The van der Waals surface area contributed by atoms with Crippen molar-refractivity contribution >= 4 is 22.6 Å². The molecular formula is C14H11ClN2O. The Kier molecular flexibility index (Phi) is 2.49. The molecule has 0 amide bonds. The van der Waals surface area contributed by atoms with E-state index in [1.54, 1.807) is 10.6 Å². The molecule has 1 aromatic heterocycles. The molecule has 0 radical (unpaired) electrons. The maximum absolute atomic E-state index is 12.1. The summed E-state index contributed by atoms with van der Waals surface area (Å²) in [5.41, 5.74) is 3.23. The van der Waals surface area contributed by atoms with E-state index in [9.17, 15) is 4.79 Å². The molecule has 0 aliphatic carbocycles. The van der Waals surface area contributed by atoms with Crippen LogP contribution < -0.4 is 5.69 Å². The van der Waals surface area contributed by atoms with Crippen molar-refractivity contribution in [3.63, 3.8) is 0 Å². The van der Waals surface area contributed by atoms with E-state index in [2.05, 4.69) is 4.98 Å². The monoisotopic (exact) mass is 258 g/mol. The number of aromatic amines is 1. The number of aromatic nitrogens is 2. The van der Waals surface area contributed by atoms with Gasteiger partial charge in [-0.3, -0.25) is 4.57 Å². The van der Waals surface area contributed by atoms with Gasteiger partial charge in [0.2, 0.25) is 0 Å². The standard InChI is InChI=1S/C14H11ClN2O/c1-9-4-2-5-10(8-9)17-12-7-3-6-11(15)13(12)16-14(17)18/h2-8H,1H3,(H,16,18). The summed E-state index contributed by atoms with van der Waals surface area (Å²) in [4.78, 5) is 14.8. The Morgan fingerprint density at radius 2 is 1.94 bits per heavy atom. The maximum atomic E-state index is 12.1. The first kappa shape index (κ1) is 11.1. The van der Waals surface area contributed by atoms with Gasteiger partial charge in [-0.1, -0.05) is 29.8 Å². The van der Waals surface area contributed by atoms with Crippen LogP contribution in [0.5, 0.6) is 0 Å². The highest BCUT2D eigenvalue weighted by atomic mass is 35.5. The normalized spacial score (nSPS) is 11.0. The summed E-state index contributed by atoms with van der Waals surface area (Å²) >= 11 is 6.08. The highest BCUT2D eigenvalue weighted by molar-refractivity contribution is 6.34. The van der Waals surface area contributed by atoms with E-state index >= 15 is 0 Å². The molecule has 90 valence electrons. The molecule has 4 heteroatoms. The second-order valence-corrected chi connectivity index (χ2v) is 4.65. The number of H-pyrrole nitrogens is 1. The lowest BCUT2D eigenvalue weighted by Gasteiger charge is -2.04. The third-order valence-electron chi connectivity index (χ3n) is 2.93. The Hall–Kier alpha value is -2.00. The van der Waals surface area contributed by atoms with Crippen LogP contribution in [0.3, 0.4) is 0 Å². The fraction of sp³-hybridized carbons (Fsp3) is 0.0714. The Morgan fingerprint density at radius 1 is 1.17 bits per heavy atom. The number of para-hydroxylation sites is 1. The summed E-state index contributed by atoms with van der Waals surface area (Å²) in [7, 11) is 0. The lowest BCUT2D eigenvalue weighted by atomic mass is 10.2. The van der Waals surface area contributed by atoms with Gasteiger partial charge in [0.05, 0.1) is 21.7 Å². The minimum Gasteiger partial charge on any atom is -0.304 e. The molecule has 3 rings (SSSR count). The minimum atomic E-state index is -0.177. The lowest BCUT2D eigenvalue weighted by Crippen LogP contribution is -2.14. The zero-order chi connectivity index (χ0) is 12.7. The fourth-order valence-electron chi connectivity index (χ4n) is 2.12. The van der Waals surface area contributed by atoms with Crippen LogP contribution in [0.25, 0.3) is 16.7 Å². The molecular weight excluding hydrogens is 248 g/mol. The molecule has 0 spiro atoms. The number of imidazole rings is 1. The van der Waals surface area contributed by atoms with Gasteiger partial charge in [0, 0.05) is 0 Å². The Bertz CT molecular complexity index is 786. The summed E-state index contributed by atoms with van der Waals surface area (Å²) in [6, 6.07) is 13.3. The molecule has 1 N–H and O–H groups in total. The van der Waals surface area contributed by atoms with Crippen molar-refractivity contribution in [3.8, 4) is 5.69 Å². The first-order valence-corrected chi connectivity index (χ1v) is 6.01. The van der Waals surface area contributed by atoms with Gasteiger partial charge in [0.1, 0.15) is 0 Å². The lowest BCUT2D eigenvalue weighted by molar-refractivity contribution is 1.01. The molecule has 0 unspecified atom stereocenters. The number of hydrogen-bond donors (Lipinski definition) is 1. The Labute approximate surface area is 109 Å². The second-order valence-electron chi connectivity index (χ2n) is 4.24. The molecule has 0 saturated heterocycles. The highest BCUT2D eigenvalue weighted by Gasteiger charge is 2.10. The van der Waals surface area contributed by atoms with Crippen molar-refractivity contribution in [2.45, 2.75) is 6.92 Å². The van der Waals surface area contributed by atoms with E-state index in [1.807, 2.05) is 43.3 Å². The molecule has 3 nitrogen and oxygen atoms in total. The highest BCUT2D eigenvalue weighted by Crippen LogP contribution is 2.22. The minimum absolute atomic E-state index is 0.177. The average Bonchev–Trinajstić information content (AvgIpc) is 2.67. The zero-order valence-electron chi connectivity index (χ0n) is 9.77. The third kappa shape index (κ3) is 1.64. The molecule has 0 bridgehead atoms. The van der Waals surface area contributed by atoms with Crippen LogP contribution in [0.2, 0.25) is 5.02 Å². The number of benzene rings is 2. The van der Waals surface area contributed by atoms with E-state index in [1.165, 1.54) is 0 Å². The van der Waals surface area contributed by atoms with E-state index in [0.717, 1.165) is 16.8 Å². The molecule has 0 atom stereocenters. The second kappa shape index (κ2) is 4.03. The van der Waals surface area contributed by atoms with Gasteiger partial charge in [-0.2, -0.15) is 0 Å². The van der Waals surface area contributed by atoms with Gasteiger partial charge in [-0.15, -0.1) is 0 Å². The van der Waals surface area contributed by atoms with Crippen molar-refractivity contribution in [1.29, 1.82) is 0 Å². The van der Waals surface area contributed by atoms with Crippen LogP contribution in [0, 0.1) is 6.92 Å². The molecule has 0 aliphatic heterocycles. The summed E-state index contributed by atoms with van der Waals surface area (Å²) in [6.45, 7) is 2.00. The molecule has 2 aromatic carbocycles. The maximum Gasteiger partial charge on any atom is 0.331 e. The van der Waals surface area contributed by atoms with Crippen molar-refractivity contribution in [2.75, 3.05) is 0 Å². The Balaban J connectivity index is 2.39. The number of nitrogens with one attached hydrogen (secondary N) is 1. The number of fused-ring (bicyclic) bond motifs is 1. The number of hydrogen-bond acceptors (Lipinski definition) is 1. The van der Waals surface area contributed by atoms with Crippen LogP contribution >= 0.6 is 11.6 Å². The fourth-order valence-corrected chi connectivity index (χ4v) is 2.34. The third-order valence-corrected chi connectivity index (χ3v) is 3.24. The van der Waals surface area contributed by atoms with Crippen molar-refractivity contribution in [3.05, 3.63) is 63.5 Å². The first-order chi connectivity index (χ1) is 8.66. The van der Waals surface area contributed by atoms with Crippen LogP contribution in [-0.4, -0.2) is 9.55 Å². The van der Waals surface area contributed by atoms with Gasteiger partial charge < -0.3 is 4.98 Å². The molecule has 0 fully saturated rings. The van der Waals surface area contributed by atoms with E-state index < -0.39 is 0 Å². The predicted octanol–water partition coefficient (Wildman–Crippen LogP) is 3.28. The van der Waals surface area contributed by atoms with Gasteiger partial charge in [0.25, 0.3) is 0 Å². The van der Waals surface area contributed by atoms with Gasteiger partial charge in [-0.25, -0.2) is 4.79 Å². The molecule has 18 heavy (non-hydrogen) atoms. The number of halogens is 1. The predicted molar refractivity (Wildman–Crippen MR) is 73.6 cm³/mol. The van der Waals surface area contributed by atoms with E-state index in [-0.39, 0.29) is 5.69 Å². The van der Waals surface area contributed by atoms with Crippen LogP contribution in [0.4, 0.5) is 0 Å². The number of rotatable bonds is 1.